The van der Waals surface area contributed by atoms with Crippen LogP contribution in [0.15, 0.2) is 46.9 Å². The molecule has 0 aromatic heterocycles. The molecule has 0 aliphatic carbocycles. The van der Waals surface area contributed by atoms with Crippen LogP contribution in [0.25, 0.3) is 6.08 Å². The van der Waals surface area contributed by atoms with Crippen LogP contribution in [-0.2, 0) is 5.67 Å². The summed E-state index contributed by atoms with van der Waals surface area (Å²) in [6.45, 7) is -0.0948. The van der Waals surface area contributed by atoms with E-state index in [0.717, 1.165) is 0 Å². The average molecular weight is 538 g/mol. The molecule has 1 aliphatic rings. The lowest BCUT2D eigenvalue weighted by Gasteiger charge is -2.34. The maximum absolute atomic E-state index is 14.5. The number of fused-ring (bicyclic) bond motifs is 1. The van der Waals surface area contributed by atoms with E-state index in [2.05, 4.69) is 20.7 Å². The van der Waals surface area contributed by atoms with E-state index in [0.29, 0.717) is 11.3 Å². The number of benzene rings is 2. The molecule has 0 radical (unpaired) electrons. The van der Waals surface area contributed by atoms with E-state index in [9.17, 15) is 43.9 Å². The van der Waals surface area contributed by atoms with E-state index in [4.69, 9.17) is 0 Å². The number of anilines is 2. The number of ether oxygens (including phenoxy) is 1. The third-order valence-electron chi connectivity index (χ3n) is 4.52. The van der Waals surface area contributed by atoms with Gasteiger partial charge >= 0.3 is 24.4 Å². The monoisotopic (exact) mass is 537 g/mol. The zero-order valence-electron chi connectivity index (χ0n) is 15.3. The van der Waals surface area contributed by atoms with Crippen molar-refractivity contribution in [1.29, 1.82) is 0 Å². The molecule has 0 bridgehead atoms. The molecule has 174 valence electrons. The highest BCUT2D eigenvalue weighted by molar-refractivity contribution is 9.10. The summed E-state index contributed by atoms with van der Waals surface area (Å²) < 4.78 is 135. The van der Waals surface area contributed by atoms with Crippen molar-refractivity contribution in [3.05, 3.63) is 58.1 Å². The van der Waals surface area contributed by atoms with E-state index in [1.165, 1.54) is 23.1 Å². The second-order valence-corrected chi connectivity index (χ2v) is 7.43. The van der Waals surface area contributed by atoms with Crippen molar-refractivity contribution in [3.8, 4) is 5.75 Å². The minimum absolute atomic E-state index is 0.0948. The van der Waals surface area contributed by atoms with Gasteiger partial charge in [0.05, 0.1) is 5.69 Å². The molecule has 0 N–H and O–H groups in total. The predicted octanol–water partition coefficient (Wildman–Crippen LogP) is 7.80. The van der Waals surface area contributed by atoms with E-state index in [1.54, 1.807) is 18.2 Å². The van der Waals surface area contributed by atoms with E-state index < -0.39 is 45.9 Å². The third kappa shape index (κ3) is 4.26. The fourth-order valence-corrected chi connectivity index (χ4v) is 3.85. The predicted molar refractivity (Wildman–Crippen MR) is 98.2 cm³/mol. The molecule has 2 aromatic carbocycles. The van der Waals surface area contributed by atoms with Gasteiger partial charge in [0.2, 0.25) is 0 Å². The highest BCUT2D eigenvalue weighted by Crippen LogP contribution is 2.56. The van der Waals surface area contributed by atoms with Crippen LogP contribution >= 0.6 is 15.9 Å². The Labute approximate surface area is 182 Å². The molecule has 0 spiro atoms. The maximum Gasteiger partial charge on any atom is 0.573 e. The lowest BCUT2D eigenvalue weighted by Crippen LogP contribution is -2.50. The van der Waals surface area contributed by atoms with Gasteiger partial charge in [0.15, 0.2) is 5.75 Å². The summed E-state index contributed by atoms with van der Waals surface area (Å²) in [5, 5.41) is 0. The molecule has 2 aromatic rings. The molecular weight excluding hydrogens is 528 g/mol. The second-order valence-electron chi connectivity index (χ2n) is 6.58. The van der Waals surface area contributed by atoms with Gasteiger partial charge in [0, 0.05) is 22.3 Å². The van der Waals surface area contributed by atoms with E-state index in [-0.39, 0.29) is 18.7 Å². The van der Waals surface area contributed by atoms with Crippen LogP contribution in [0.4, 0.5) is 55.3 Å². The summed E-state index contributed by atoms with van der Waals surface area (Å²) in [6.07, 6.45) is -15.4. The van der Waals surface area contributed by atoms with Crippen molar-refractivity contribution in [3.63, 3.8) is 0 Å². The topological polar surface area (TPSA) is 12.5 Å². The summed E-state index contributed by atoms with van der Waals surface area (Å²) in [6, 6.07) is 6.10. The lowest BCUT2D eigenvalue weighted by molar-refractivity contribution is -0.348. The molecule has 0 fully saturated rings. The number of nitrogens with zero attached hydrogens (tertiary/aromatic N) is 1. The Kier molecular flexibility index (Phi) is 5.94. The quantitative estimate of drug-likeness (QED) is 0.370. The molecule has 1 heterocycles. The maximum atomic E-state index is 14.5. The van der Waals surface area contributed by atoms with Gasteiger partial charge in [-0.25, -0.2) is 4.39 Å². The molecule has 32 heavy (non-hydrogen) atoms. The second kappa shape index (κ2) is 7.85. The van der Waals surface area contributed by atoms with E-state index >= 15 is 0 Å². The standard InChI is InChI=1S/C19H10BrF10NO/c20-12-8-11(16(21,17(22,23)24)18(25,26)27)9-14(32-19(28,29)30)15(12)31-7-3-5-10-4-1-2-6-13(10)31/h1-6,8-9H,7H2. The number of halogens is 11. The number of rotatable bonds is 3. The Morgan fingerprint density at radius 1 is 0.844 bits per heavy atom. The summed E-state index contributed by atoms with van der Waals surface area (Å²) in [4.78, 5) is 1.17. The molecule has 0 unspecified atom stereocenters. The van der Waals surface area contributed by atoms with Gasteiger partial charge in [-0.3, -0.25) is 0 Å². The largest absolute Gasteiger partial charge is 0.573 e. The zero-order valence-corrected chi connectivity index (χ0v) is 16.9. The minimum Gasteiger partial charge on any atom is -0.403 e. The summed E-state index contributed by atoms with van der Waals surface area (Å²) in [7, 11) is 0. The zero-order chi connectivity index (χ0) is 24.1. The van der Waals surface area contributed by atoms with Crippen molar-refractivity contribution in [1.82, 2.24) is 0 Å². The van der Waals surface area contributed by atoms with Crippen LogP contribution in [0.3, 0.4) is 0 Å². The number of hydrogen-bond donors (Lipinski definition) is 0. The number of hydrogen-bond acceptors (Lipinski definition) is 2. The molecule has 0 saturated carbocycles. The molecule has 0 amide bonds. The highest BCUT2D eigenvalue weighted by atomic mass is 79.9. The van der Waals surface area contributed by atoms with Crippen molar-refractivity contribution >= 4 is 33.4 Å². The van der Waals surface area contributed by atoms with E-state index in [1.807, 2.05) is 0 Å². The Hall–Kier alpha value is -2.44. The van der Waals surface area contributed by atoms with Crippen LogP contribution in [0.1, 0.15) is 11.1 Å². The summed E-state index contributed by atoms with van der Waals surface area (Å²) >= 11 is 2.70. The number of para-hydroxylation sites is 1. The molecular formula is C19H10BrF10NO. The van der Waals surface area contributed by atoms with Crippen molar-refractivity contribution in [2.24, 2.45) is 0 Å². The van der Waals surface area contributed by atoms with Gasteiger partial charge < -0.3 is 9.64 Å². The van der Waals surface area contributed by atoms with Gasteiger partial charge in [-0.2, -0.15) is 26.3 Å². The van der Waals surface area contributed by atoms with Gasteiger partial charge in [0.25, 0.3) is 0 Å². The number of alkyl halides is 10. The Balaban J connectivity index is 2.29. The lowest BCUT2D eigenvalue weighted by atomic mass is 9.93. The van der Waals surface area contributed by atoms with Gasteiger partial charge in [0.1, 0.15) is 0 Å². The molecule has 1 aliphatic heterocycles. The third-order valence-corrected chi connectivity index (χ3v) is 5.12. The SMILES string of the molecule is FC(F)(F)Oc1cc(C(F)(C(F)(F)F)C(F)(F)F)cc(Br)c1N1CC=Cc2ccccc21. The van der Waals surface area contributed by atoms with Crippen LogP contribution in [-0.4, -0.2) is 25.3 Å². The Morgan fingerprint density at radius 2 is 1.44 bits per heavy atom. The van der Waals surface area contributed by atoms with Gasteiger partial charge in [-0.1, -0.05) is 30.4 Å². The highest BCUT2D eigenvalue weighted by Gasteiger charge is 2.73. The first-order valence-corrected chi connectivity index (χ1v) is 9.31. The van der Waals surface area contributed by atoms with Crippen LogP contribution < -0.4 is 9.64 Å². The molecule has 2 nitrogen and oxygen atoms in total. The van der Waals surface area contributed by atoms with Crippen molar-refractivity contribution in [2.75, 3.05) is 11.4 Å². The fourth-order valence-electron chi connectivity index (χ4n) is 3.19. The first kappa shape index (κ1) is 24.2. The van der Waals surface area contributed by atoms with Crippen molar-refractivity contribution in [2.45, 2.75) is 24.4 Å². The normalized spacial score (nSPS) is 15.0. The smallest absolute Gasteiger partial charge is 0.403 e. The molecule has 13 heteroatoms. The Morgan fingerprint density at radius 3 is 2.00 bits per heavy atom. The van der Waals surface area contributed by atoms with Crippen LogP contribution in [0, 0.1) is 0 Å². The van der Waals surface area contributed by atoms with Crippen molar-refractivity contribution < 1.29 is 48.6 Å². The summed E-state index contributed by atoms with van der Waals surface area (Å²) in [5.41, 5.74) is -7.78. The van der Waals surface area contributed by atoms with Crippen LogP contribution in [0.2, 0.25) is 0 Å². The first-order chi connectivity index (χ1) is 14.6. The average Bonchev–Trinajstić information content (AvgIpc) is 2.64. The molecule has 3 rings (SSSR count). The van der Waals surface area contributed by atoms with Crippen LogP contribution in [0.5, 0.6) is 5.75 Å². The first-order valence-electron chi connectivity index (χ1n) is 8.51. The molecule has 0 atom stereocenters. The Bertz CT molecular complexity index is 1030. The van der Waals surface area contributed by atoms with Gasteiger partial charge in [-0.15, -0.1) is 13.2 Å². The molecule has 0 saturated heterocycles. The summed E-state index contributed by atoms with van der Waals surface area (Å²) in [5.74, 6) is -1.44. The minimum atomic E-state index is -6.51. The van der Waals surface area contributed by atoms with Gasteiger partial charge in [-0.05, 0) is 39.7 Å². The fraction of sp³-hybridized carbons (Fsp3) is 0.263.